The monoisotopic (exact) mass is 359 g/mol. The van der Waals surface area contributed by atoms with Crippen molar-refractivity contribution in [1.29, 1.82) is 0 Å². The van der Waals surface area contributed by atoms with Crippen LogP contribution in [0.5, 0.6) is 0 Å². The first-order valence-electron chi connectivity index (χ1n) is 7.99. The Bertz CT molecular complexity index is 1110. The van der Waals surface area contributed by atoms with Crippen molar-refractivity contribution in [3.05, 3.63) is 77.5 Å². The molecule has 0 amide bonds. The maximum atomic E-state index is 11.7. The Balaban J connectivity index is 1.76. The maximum absolute atomic E-state index is 11.7. The van der Waals surface area contributed by atoms with E-state index in [2.05, 4.69) is 30.6 Å². The lowest BCUT2D eigenvalue weighted by atomic mass is 10.2. The van der Waals surface area contributed by atoms with Gasteiger partial charge in [-0.1, -0.05) is 18.2 Å². The van der Waals surface area contributed by atoms with Gasteiger partial charge in [-0.25, -0.2) is 9.97 Å². The Hall–Kier alpha value is -4.14. The first-order valence-corrected chi connectivity index (χ1v) is 7.99. The van der Waals surface area contributed by atoms with E-state index in [0.29, 0.717) is 16.9 Å². The highest BCUT2D eigenvalue weighted by molar-refractivity contribution is 5.92. The van der Waals surface area contributed by atoms with Crippen LogP contribution >= 0.6 is 0 Å². The van der Waals surface area contributed by atoms with Crippen molar-refractivity contribution in [1.82, 2.24) is 19.9 Å². The molecule has 0 atom stereocenters. The van der Waals surface area contributed by atoms with Gasteiger partial charge in [0.05, 0.1) is 16.1 Å². The molecule has 0 aliphatic rings. The number of para-hydroxylation sites is 1. The number of nitro groups is 1. The number of nitrogens with one attached hydrogen (secondary N) is 2. The molecule has 9 nitrogen and oxygen atoms in total. The van der Waals surface area contributed by atoms with Crippen LogP contribution in [-0.4, -0.2) is 24.9 Å². The van der Waals surface area contributed by atoms with Crippen LogP contribution in [0, 0.1) is 10.1 Å². The molecule has 9 heteroatoms. The summed E-state index contributed by atoms with van der Waals surface area (Å²) in [6.07, 6.45) is 6.09. The third-order valence-electron chi connectivity index (χ3n) is 3.83. The van der Waals surface area contributed by atoms with Crippen LogP contribution in [0.1, 0.15) is 0 Å². The highest BCUT2D eigenvalue weighted by Gasteiger charge is 2.23. The molecule has 0 unspecified atom stereocenters. The van der Waals surface area contributed by atoms with Gasteiger partial charge in [-0.2, -0.15) is 0 Å². The number of nitrogens with zero attached hydrogens (tertiary/aromatic N) is 5. The number of anilines is 4. The highest BCUT2D eigenvalue weighted by atomic mass is 16.6. The fourth-order valence-corrected chi connectivity index (χ4v) is 2.64. The standard InChI is InChI=1S/C18H13N7O2/c26-25(27)16-17(23-13-6-9-19-10-7-13)21-11-22-18(16)24-14-5-1-3-12-4-2-8-20-15(12)14/h1-11H,(H2,19,21,22,23,24). The second-order valence-corrected chi connectivity index (χ2v) is 5.54. The lowest BCUT2D eigenvalue weighted by molar-refractivity contribution is -0.383. The minimum Gasteiger partial charge on any atom is -0.334 e. The van der Waals surface area contributed by atoms with E-state index in [9.17, 15) is 10.1 Å². The fourth-order valence-electron chi connectivity index (χ4n) is 2.64. The zero-order valence-electron chi connectivity index (χ0n) is 13.9. The molecule has 0 aliphatic carbocycles. The summed E-state index contributed by atoms with van der Waals surface area (Å²) in [6.45, 7) is 0. The third-order valence-corrected chi connectivity index (χ3v) is 3.83. The van der Waals surface area contributed by atoms with Crippen molar-refractivity contribution >= 4 is 39.6 Å². The number of benzene rings is 1. The summed E-state index contributed by atoms with van der Waals surface area (Å²) in [7, 11) is 0. The predicted octanol–water partition coefficient (Wildman–Crippen LogP) is 3.82. The molecule has 27 heavy (non-hydrogen) atoms. The summed E-state index contributed by atoms with van der Waals surface area (Å²) >= 11 is 0. The van der Waals surface area contributed by atoms with Gasteiger partial charge >= 0.3 is 5.69 Å². The Kier molecular flexibility index (Phi) is 4.24. The number of pyridine rings is 2. The van der Waals surface area contributed by atoms with Crippen molar-refractivity contribution in [3.63, 3.8) is 0 Å². The van der Waals surface area contributed by atoms with Crippen LogP contribution in [0.15, 0.2) is 67.4 Å². The smallest absolute Gasteiger partial charge is 0.334 e. The van der Waals surface area contributed by atoms with Gasteiger partial charge < -0.3 is 10.6 Å². The molecular weight excluding hydrogens is 346 g/mol. The molecular formula is C18H13N7O2. The van der Waals surface area contributed by atoms with Crippen molar-refractivity contribution in [2.45, 2.75) is 0 Å². The lowest BCUT2D eigenvalue weighted by Gasteiger charge is -2.11. The van der Waals surface area contributed by atoms with Gasteiger partial charge in [-0.15, -0.1) is 0 Å². The topological polar surface area (TPSA) is 119 Å². The molecule has 2 N–H and O–H groups in total. The zero-order valence-corrected chi connectivity index (χ0v) is 13.9. The SMILES string of the molecule is O=[N+]([O-])c1c(Nc2ccncc2)ncnc1Nc1cccc2cccnc12. The van der Waals surface area contributed by atoms with Crippen LogP contribution in [0.4, 0.5) is 28.7 Å². The molecule has 3 heterocycles. The minimum atomic E-state index is -0.523. The van der Waals surface area contributed by atoms with Gasteiger partial charge in [0.25, 0.3) is 0 Å². The van der Waals surface area contributed by atoms with Gasteiger partial charge in [0.2, 0.25) is 11.6 Å². The molecule has 0 radical (unpaired) electrons. The van der Waals surface area contributed by atoms with E-state index in [1.54, 1.807) is 36.8 Å². The Morgan fingerprint density at radius 1 is 0.852 bits per heavy atom. The lowest BCUT2D eigenvalue weighted by Crippen LogP contribution is -2.06. The number of rotatable bonds is 5. The molecule has 0 saturated carbocycles. The maximum Gasteiger partial charge on any atom is 0.353 e. The Morgan fingerprint density at radius 2 is 1.59 bits per heavy atom. The Labute approximate surface area is 153 Å². The highest BCUT2D eigenvalue weighted by Crippen LogP contribution is 2.34. The van der Waals surface area contributed by atoms with Crippen molar-refractivity contribution in [3.8, 4) is 0 Å². The molecule has 4 aromatic rings. The number of aromatic nitrogens is 4. The van der Waals surface area contributed by atoms with E-state index in [-0.39, 0.29) is 17.3 Å². The summed E-state index contributed by atoms with van der Waals surface area (Å²) in [5.41, 5.74) is 1.67. The molecule has 0 aliphatic heterocycles. The van der Waals surface area contributed by atoms with E-state index in [4.69, 9.17) is 0 Å². The summed E-state index contributed by atoms with van der Waals surface area (Å²) in [4.78, 5) is 27.5. The zero-order chi connectivity index (χ0) is 18.6. The molecule has 0 fully saturated rings. The van der Waals surface area contributed by atoms with Gasteiger partial charge in [0.15, 0.2) is 0 Å². The van der Waals surface area contributed by atoms with Crippen LogP contribution in [-0.2, 0) is 0 Å². The largest absolute Gasteiger partial charge is 0.353 e. The van der Waals surface area contributed by atoms with Gasteiger partial charge in [0, 0.05) is 29.7 Å². The van der Waals surface area contributed by atoms with Crippen LogP contribution in [0.25, 0.3) is 10.9 Å². The molecule has 0 spiro atoms. The normalized spacial score (nSPS) is 10.5. The molecule has 1 aromatic carbocycles. The van der Waals surface area contributed by atoms with E-state index in [0.717, 1.165) is 5.39 Å². The van der Waals surface area contributed by atoms with Crippen LogP contribution in [0.2, 0.25) is 0 Å². The average Bonchev–Trinajstić information content (AvgIpc) is 2.69. The fraction of sp³-hybridized carbons (Fsp3) is 0. The molecule has 0 bridgehead atoms. The second-order valence-electron chi connectivity index (χ2n) is 5.54. The molecule has 3 aromatic heterocycles. The van der Waals surface area contributed by atoms with Crippen molar-refractivity contribution in [2.75, 3.05) is 10.6 Å². The summed E-state index contributed by atoms with van der Waals surface area (Å²) in [6, 6.07) is 12.7. The summed E-state index contributed by atoms with van der Waals surface area (Å²) in [5, 5.41) is 18.6. The van der Waals surface area contributed by atoms with E-state index >= 15 is 0 Å². The number of hydrogen-bond donors (Lipinski definition) is 2. The van der Waals surface area contributed by atoms with Crippen molar-refractivity contribution < 1.29 is 4.92 Å². The average molecular weight is 359 g/mol. The van der Waals surface area contributed by atoms with E-state index in [1.165, 1.54) is 6.33 Å². The molecule has 0 saturated heterocycles. The van der Waals surface area contributed by atoms with Gasteiger partial charge in [-0.05, 0) is 24.3 Å². The molecule has 132 valence electrons. The number of fused-ring (bicyclic) bond motifs is 1. The first kappa shape index (κ1) is 16.3. The first-order chi connectivity index (χ1) is 13.2. The minimum absolute atomic E-state index is 0.0738. The molecule has 4 rings (SSSR count). The van der Waals surface area contributed by atoms with Gasteiger partial charge in [0.1, 0.15) is 6.33 Å². The Morgan fingerprint density at radius 3 is 2.37 bits per heavy atom. The summed E-state index contributed by atoms with van der Waals surface area (Å²) in [5.74, 6) is 0.154. The van der Waals surface area contributed by atoms with E-state index in [1.807, 2.05) is 24.3 Å². The number of hydrogen-bond acceptors (Lipinski definition) is 8. The summed E-state index contributed by atoms with van der Waals surface area (Å²) < 4.78 is 0. The second kappa shape index (κ2) is 7.00. The quantitative estimate of drug-likeness (QED) is 0.408. The van der Waals surface area contributed by atoms with Crippen LogP contribution < -0.4 is 10.6 Å². The predicted molar refractivity (Wildman–Crippen MR) is 101 cm³/mol. The van der Waals surface area contributed by atoms with Crippen molar-refractivity contribution in [2.24, 2.45) is 0 Å². The van der Waals surface area contributed by atoms with E-state index < -0.39 is 4.92 Å². The van der Waals surface area contributed by atoms with Crippen LogP contribution in [0.3, 0.4) is 0 Å². The third kappa shape index (κ3) is 3.33. The van der Waals surface area contributed by atoms with Gasteiger partial charge in [-0.3, -0.25) is 20.1 Å².